The lowest BCUT2D eigenvalue weighted by Crippen LogP contribution is -2.39. The maximum atomic E-state index is 10.2. The van der Waals surface area contributed by atoms with Gasteiger partial charge in [-0.25, -0.2) is 0 Å². The van der Waals surface area contributed by atoms with Gasteiger partial charge in [-0.1, -0.05) is 18.0 Å². The van der Waals surface area contributed by atoms with Gasteiger partial charge in [0, 0.05) is 38.3 Å². The highest BCUT2D eigenvalue weighted by Gasteiger charge is 2.28. The van der Waals surface area contributed by atoms with E-state index >= 15 is 0 Å². The molecule has 3 rings (SSSR count). The minimum Gasteiger partial charge on any atom is -0.390 e. The Bertz CT molecular complexity index is 429. The zero-order valence-electron chi connectivity index (χ0n) is 12.3. The molecule has 1 aromatic heterocycles. The molecule has 2 fully saturated rings. The lowest BCUT2D eigenvalue weighted by atomic mass is 10.2. The Morgan fingerprint density at radius 1 is 1.30 bits per heavy atom. The Morgan fingerprint density at radius 3 is 2.80 bits per heavy atom. The largest absolute Gasteiger partial charge is 0.390 e. The quantitative estimate of drug-likeness (QED) is 0.906. The number of nitrogens with zero attached hydrogens (tertiary/aromatic N) is 3. The Balaban J connectivity index is 1.58. The van der Waals surface area contributed by atoms with Gasteiger partial charge >= 0.3 is 0 Å². The topological polar surface area (TPSA) is 52.7 Å². The molecule has 1 N–H and O–H groups in total. The highest BCUT2D eigenvalue weighted by Crippen LogP contribution is 2.24. The van der Waals surface area contributed by atoms with Crippen molar-refractivity contribution < 1.29 is 9.63 Å². The van der Waals surface area contributed by atoms with E-state index in [9.17, 15) is 5.11 Å². The van der Waals surface area contributed by atoms with Gasteiger partial charge in [0.15, 0.2) is 5.76 Å². The van der Waals surface area contributed by atoms with E-state index in [-0.39, 0.29) is 6.10 Å². The zero-order valence-corrected chi connectivity index (χ0v) is 12.3. The first-order valence-electron chi connectivity index (χ1n) is 7.77. The van der Waals surface area contributed by atoms with Gasteiger partial charge in [0.25, 0.3) is 0 Å². The fourth-order valence-corrected chi connectivity index (χ4v) is 3.53. The van der Waals surface area contributed by atoms with Crippen molar-refractivity contribution in [3.05, 3.63) is 17.5 Å². The Labute approximate surface area is 120 Å². The summed E-state index contributed by atoms with van der Waals surface area (Å²) in [5, 5.41) is 14.2. The van der Waals surface area contributed by atoms with Crippen LogP contribution in [0.15, 0.2) is 10.6 Å². The Morgan fingerprint density at radius 2 is 2.10 bits per heavy atom. The SMILES string of the molecule is Cc1cc(CN2CCN(C3CCCC3)CC(O)C2)on1. The summed E-state index contributed by atoms with van der Waals surface area (Å²) in [7, 11) is 0. The van der Waals surface area contributed by atoms with Gasteiger partial charge in [-0.15, -0.1) is 0 Å². The predicted molar refractivity (Wildman–Crippen MR) is 76.4 cm³/mol. The van der Waals surface area contributed by atoms with Crippen LogP contribution in [0.5, 0.6) is 0 Å². The van der Waals surface area contributed by atoms with Crippen LogP contribution in [0, 0.1) is 6.92 Å². The maximum Gasteiger partial charge on any atom is 0.150 e. The predicted octanol–water partition coefficient (Wildman–Crippen LogP) is 1.40. The van der Waals surface area contributed by atoms with E-state index in [0.717, 1.165) is 44.2 Å². The molecule has 20 heavy (non-hydrogen) atoms. The molecule has 1 aromatic rings. The number of rotatable bonds is 3. The van der Waals surface area contributed by atoms with Crippen molar-refractivity contribution in [3.8, 4) is 0 Å². The molecule has 5 heteroatoms. The van der Waals surface area contributed by atoms with E-state index in [2.05, 4.69) is 15.0 Å². The summed E-state index contributed by atoms with van der Waals surface area (Å²) in [5.41, 5.74) is 0.919. The summed E-state index contributed by atoms with van der Waals surface area (Å²) in [6, 6.07) is 2.67. The van der Waals surface area contributed by atoms with Crippen LogP contribution >= 0.6 is 0 Å². The molecule has 112 valence electrons. The minimum atomic E-state index is -0.262. The van der Waals surface area contributed by atoms with Crippen LogP contribution in [0.4, 0.5) is 0 Å². The van der Waals surface area contributed by atoms with E-state index < -0.39 is 0 Å². The van der Waals surface area contributed by atoms with Crippen molar-refractivity contribution in [2.24, 2.45) is 0 Å². The summed E-state index contributed by atoms with van der Waals surface area (Å²) in [6.07, 6.45) is 5.03. The van der Waals surface area contributed by atoms with Gasteiger partial charge in [-0.2, -0.15) is 0 Å². The van der Waals surface area contributed by atoms with E-state index in [0.29, 0.717) is 6.04 Å². The molecule has 1 atom stereocenters. The minimum absolute atomic E-state index is 0.262. The number of aromatic nitrogens is 1. The van der Waals surface area contributed by atoms with E-state index in [1.54, 1.807) is 0 Å². The average Bonchev–Trinajstić information content (AvgIpc) is 3.02. The third-order valence-electron chi connectivity index (χ3n) is 4.51. The fraction of sp³-hybridized carbons (Fsp3) is 0.800. The summed E-state index contributed by atoms with van der Waals surface area (Å²) in [5.74, 6) is 0.893. The van der Waals surface area contributed by atoms with Crippen LogP contribution in [-0.4, -0.2) is 58.4 Å². The van der Waals surface area contributed by atoms with Crippen molar-refractivity contribution in [3.63, 3.8) is 0 Å². The summed E-state index contributed by atoms with van der Waals surface area (Å²) in [6.45, 7) is 6.27. The smallest absolute Gasteiger partial charge is 0.150 e. The normalized spacial score (nSPS) is 27.0. The van der Waals surface area contributed by atoms with Crippen LogP contribution in [-0.2, 0) is 6.54 Å². The van der Waals surface area contributed by atoms with E-state index in [1.165, 1.54) is 25.7 Å². The van der Waals surface area contributed by atoms with Gasteiger partial charge in [0.1, 0.15) is 0 Å². The molecule has 1 aliphatic carbocycles. The van der Waals surface area contributed by atoms with Gasteiger partial charge in [0.05, 0.1) is 18.3 Å². The number of hydrogen-bond acceptors (Lipinski definition) is 5. The first kappa shape index (κ1) is 14.0. The first-order valence-corrected chi connectivity index (χ1v) is 7.77. The first-order chi connectivity index (χ1) is 9.70. The summed E-state index contributed by atoms with van der Waals surface area (Å²) < 4.78 is 5.28. The molecular formula is C15H25N3O2. The number of aliphatic hydroxyl groups excluding tert-OH is 1. The molecule has 1 aliphatic heterocycles. The van der Waals surface area contributed by atoms with Crippen LogP contribution < -0.4 is 0 Å². The zero-order chi connectivity index (χ0) is 13.9. The second-order valence-corrected chi connectivity index (χ2v) is 6.26. The van der Waals surface area contributed by atoms with Crippen molar-refractivity contribution in [2.45, 2.75) is 51.3 Å². The van der Waals surface area contributed by atoms with Crippen molar-refractivity contribution in [2.75, 3.05) is 26.2 Å². The third-order valence-corrected chi connectivity index (χ3v) is 4.51. The standard InChI is InChI=1S/C15H25N3O2/c1-12-8-15(20-16-12)11-17-6-7-18(10-14(19)9-17)13-4-2-3-5-13/h8,13-14,19H,2-7,9-11H2,1H3. The number of hydrogen-bond donors (Lipinski definition) is 1. The van der Waals surface area contributed by atoms with Crippen LogP contribution in [0.1, 0.15) is 37.1 Å². The average molecular weight is 279 g/mol. The van der Waals surface area contributed by atoms with Crippen LogP contribution in [0.2, 0.25) is 0 Å². The summed E-state index contributed by atoms with van der Waals surface area (Å²) >= 11 is 0. The second kappa shape index (κ2) is 6.24. The molecule has 0 bridgehead atoms. The number of aliphatic hydroxyl groups is 1. The highest BCUT2D eigenvalue weighted by molar-refractivity contribution is 5.03. The molecule has 0 amide bonds. The van der Waals surface area contributed by atoms with Gasteiger partial charge < -0.3 is 9.63 Å². The Hall–Kier alpha value is -0.910. The second-order valence-electron chi connectivity index (χ2n) is 6.26. The lowest BCUT2D eigenvalue weighted by molar-refractivity contribution is 0.0924. The fourth-order valence-electron chi connectivity index (χ4n) is 3.53. The maximum absolute atomic E-state index is 10.2. The molecule has 0 radical (unpaired) electrons. The molecule has 2 heterocycles. The van der Waals surface area contributed by atoms with E-state index in [1.807, 2.05) is 13.0 Å². The van der Waals surface area contributed by atoms with Crippen molar-refractivity contribution >= 4 is 0 Å². The molecular weight excluding hydrogens is 254 g/mol. The monoisotopic (exact) mass is 279 g/mol. The Kier molecular flexibility index (Phi) is 4.38. The molecule has 5 nitrogen and oxygen atoms in total. The van der Waals surface area contributed by atoms with Crippen molar-refractivity contribution in [1.82, 2.24) is 15.0 Å². The van der Waals surface area contributed by atoms with Crippen LogP contribution in [0.3, 0.4) is 0 Å². The molecule has 0 spiro atoms. The van der Waals surface area contributed by atoms with Gasteiger partial charge in [-0.05, 0) is 19.8 Å². The number of aryl methyl sites for hydroxylation is 1. The molecule has 2 aliphatic rings. The van der Waals surface area contributed by atoms with Gasteiger partial charge in [-0.3, -0.25) is 9.80 Å². The van der Waals surface area contributed by atoms with Crippen molar-refractivity contribution in [1.29, 1.82) is 0 Å². The van der Waals surface area contributed by atoms with Crippen LogP contribution in [0.25, 0.3) is 0 Å². The van der Waals surface area contributed by atoms with E-state index in [4.69, 9.17) is 4.52 Å². The summed E-state index contributed by atoms with van der Waals surface area (Å²) in [4.78, 5) is 4.77. The number of β-amino-alcohol motifs (C(OH)–C–C–N with tert-alkyl or cyclic N) is 1. The molecule has 1 saturated carbocycles. The third kappa shape index (κ3) is 3.40. The van der Waals surface area contributed by atoms with Gasteiger partial charge in [0.2, 0.25) is 0 Å². The highest BCUT2D eigenvalue weighted by atomic mass is 16.5. The molecule has 1 saturated heterocycles. The molecule has 0 aromatic carbocycles. The molecule has 1 unspecified atom stereocenters. The lowest BCUT2D eigenvalue weighted by Gasteiger charge is -2.27.